The van der Waals surface area contributed by atoms with Crippen molar-refractivity contribution >= 4 is 18.2 Å². The van der Waals surface area contributed by atoms with E-state index in [-0.39, 0.29) is 12.4 Å². The zero-order valence-corrected chi connectivity index (χ0v) is 12.3. The maximum Gasteiger partial charge on any atom is 0.0988 e. The van der Waals surface area contributed by atoms with Crippen molar-refractivity contribution in [2.45, 2.75) is 59.8 Å². The SMILES string of the molecule is CCCN=C(CCC)N(CCC)CCC.Cl. The van der Waals surface area contributed by atoms with Crippen molar-refractivity contribution in [2.75, 3.05) is 19.6 Å². The Morgan fingerprint density at radius 1 is 0.875 bits per heavy atom. The van der Waals surface area contributed by atoms with Crippen LogP contribution >= 0.6 is 12.4 Å². The summed E-state index contributed by atoms with van der Waals surface area (Å²) in [7, 11) is 0. The molecule has 0 spiro atoms. The zero-order chi connectivity index (χ0) is 11.5. The number of hydrogen-bond donors (Lipinski definition) is 0. The summed E-state index contributed by atoms with van der Waals surface area (Å²) in [6, 6.07) is 0. The van der Waals surface area contributed by atoms with Crippen LogP contribution in [0, 0.1) is 0 Å². The minimum Gasteiger partial charge on any atom is -0.360 e. The van der Waals surface area contributed by atoms with Gasteiger partial charge in [0.2, 0.25) is 0 Å². The van der Waals surface area contributed by atoms with Crippen molar-refractivity contribution < 1.29 is 0 Å². The van der Waals surface area contributed by atoms with Crippen LogP contribution in [-0.2, 0) is 0 Å². The summed E-state index contributed by atoms with van der Waals surface area (Å²) in [5.74, 6) is 1.34. The van der Waals surface area contributed by atoms with Crippen LogP contribution in [0.4, 0.5) is 0 Å². The number of hydrogen-bond acceptors (Lipinski definition) is 1. The fraction of sp³-hybridized carbons (Fsp3) is 0.923. The Hall–Kier alpha value is -0.240. The van der Waals surface area contributed by atoms with Crippen molar-refractivity contribution in [3.63, 3.8) is 0 Å². The summed E-state index contributed by atoms with van der Waals surface area (Å²) in [5, 5.41) is 0. The Kier molecular flexibility index (Phi) is 14.5. The first kappa shape index (κ1) is 18.1. The topological polar surface area (TPSA) is 15.6 Å². The van der Waals surface area contributed by atoms with Gasteiger partial charge in [-0.25, -0.2) is 0 Å². The van der Waals surface area contributed by atoms with Crippen LogP contribution in [0.2, 0.25) is 0 Å². The van der Waals surface area contributed by atoms with E-state index in [1.807, 2.05) is 0 Å². The molecule has 0 amide bonds. The largest absolute Gasteiger partial charge is 0.360 e. The average molecular weight is 249 g/mol. The lowest BCUT2D eigenvalue weighted by molar-refractivity contribution is 0.406. The van der Waals surface area contributed by atoms with E-state index in [9.17, 15) is 0 Å². The summed E-state index contributed by atoms with van der Waals surface area (Å²) >= 11 is 0. The van der Waals surface area contributed by atoms with Gasteiger partial charge in [0, 0.05) is 26.1 Å². The van der Waals surface area contributed by atoms with Gasteiger partial charge in [-0.2, -0.15) is 0 Å². The van der Waals surface area contributed by atoms with Gasteiger partial charge in [-0.1, -0.05) is 27.7 Å². The maximum absolute atomic E-state index is 4.71. The van der Waals surface area contributed by atoms with Crippen LogP contribution in [-0.4, -0.2) is 30.4 Å². The molecule has 16 heavy (non-hydrogen) atoms. The minimum absolute atomic E-state index is 0. The van der Waals surface area contributed by atoms with Crippen LogP contribution in [0.25, 0.3) is 0 Å². The molecule has 0 radical (unpaired) electrons. The van der Waals surface area contributed by atoms with E-state index in [1.165, 1.54) is 25.1 Å². The molecule has 3 heteroatoms. The highest BCUT2D eigenvalue weighted by Gasteiger charge is 2.07. The summed E-state index contributed by atoms with van der Waals surface area (Å²) in [5.41, 5.74) is 0. The van der Waals surface area contributed by atoms with Crippen molar-refractivity contribution in [1.82, 2.24) is 4.90 Å². The lowest BCUT2D eigenvalue weighted by atomic mass is 10.2. The van der Waals surface area contributed by atoms with Gasteiger partial charge in [-0.3, -0.25) is 4.99 Å². The van der Waals surface area contributed by atoms with Gasteiger partial charge >= 0.3 is 0 Å². The molecule has 0 heterocycles. The second-order valence-electron chi connectivity index (χ2n) is 4.03. The fourth-order valence-electron chi connectivity index (χ4n) is 1.71. The normalized spacial score (nSPS) is 11.1. The molecular weight excluding hydrogens is 220 g/mol. The first-order chi connectivity index (χ1) is 7.29. The molecule has 0 bridgehead atoms. The number of amidine groups is 1. The van der Waals surface area contributed by atoms with Gasteiger partial charge < -0.3 is 4.90 Å². The summed E-state index contributed by atoms with van der Waals surface area (Å²) in [4.78, 5) is 7.18. The van der Waals surface area contributed by atoms with E-state index in [0.29, 0.717) is 0 Å². The van der Waals surface area contributed by atoms with Gasteiger partial charge in [0.1, 0.15) is 0 Å². The van der Waals surface area contributed by atoms with E-state index in [0.717, 1.165) is 32.5 Å². The molecule has 0 saturated heterocycles. The number of aliphatic imine (C=N–C) groups is 1. The molecule has 98 valence electrons. The van der Waals surface area contributed by atoms with Crippen molar-refractivity contribution in [1.29, 1.82) is 0 Å². The average Bonchev–Trinajstić information content (AvgIpc) is 2.24. The molecule has 0 aromatic rings. The predicted molar refractivity (Wildman–Crippen MR) is 76.9 cm³/mol. The van der Waals surface area contributed by atoms with E-state index in [4.69, 9.17) is 4.99 Å². The molecule has 0 aliphatic rings. The van der Waals surface area contributed by atoms with Gasteiger partial charge in [0.05, 0.1) is 5.84 Å². The molecule has 0 aromatic heterocycles. The van der Waals surface area contributed by atoms with Crippen LogP contribution in [0.5, 0.6) is 0 Å². The Morgan fingerprint density at radius 2 is 1.44 bits per heavy atom. The minimum atomic E-state index is 0. The molecule has 0 unspecified atom stereocenters. The van der Waals surface area contributed by atoms with Crippen LogP contribution in [0.15, 0.2) is 4.99 Å². The Labute approximate surface area is 108 Å². The third kappa shape index (κ3) is 7.98. The molecule has 0 aliphatic carbocycles. The van der Waals surface area contributed by atoms with E-state index >= 15 is 0 Å². The molecule has 2 nitrogen and oxygen atoms in total. The van der Waals surface area contributed by atoms with Gasteiger partial charge in [-0.05, 0) is 25.7 Å². The number of halogens is 1. The van der Waals surface area contributed by atoms with Gasteiger partial charge in [0.15, 0.2) is 0 Å². The van der Waals surface area contributed by atoms with Crippen molar-refractivity contribution in [3.8, 4) is 0 Å². The summed E-state index contributed by atoms with van der Waals surface area (Å²) < 4.78 is 0. The van der Waals surface area contributed by atoms with E-state index in [2.05, 4.69) is 32.6 Å². The molecule has 0 N–H and O–H groups in total. The van der Waals surface area contributed by atoms with Crippen LogP contribution < -0.4 is 0 Å². The third-order valence-corrected chi connectivity index (χ3v) is 2.34. The summed E-state index contributed by atoms with van der Waals surface area (Å²) in [6.07, 6.45) is 5.93. The Morgan fingerprint density at radius 3 is 1.81 bits per heavy atom. The monoisotopic (exact) mass is 248 g/mol. The number of nitrogens with zero attached hydrogens (tertiary/aromatic N) is 2. The third-order valence-electron chi connectivity index (χ3n) is 2.34. The number of rotatable bonds is 8. The molecule has 0 rings (SSSR count). The van der Waals surface area contributed by atoms with Gasteiger partial charge in [0.25, 0.3) is 0 Å². The molecule has 0 aliphatic heterocycles. The maximum atomic E-state index is 4.71. The van der Waals surface area contributed by atoms with Gasteiger partial charge in [-0.15, -0.1) is 12.4 Å². The second-order valence-corrected chi connectivity index (χ2v) is 4.03. The van der Waals surface area contributed by atoms with Crippen LogP contribution in [0.1, 0.15) is 59.8 Å². The lowest BCUT2D eigenvalue weighted by Crippen LogP contribution is -2.32. The molecule has 0 fully saturated rings. The molecular formula is C13H29ClN2. The smallest absolute Gasteiger partial charge is 0.0988 e. The quantitative estimate of drug-likeness (QED) is 0.466. The lowest BCUT2D eigenvalue weighted by Gasteiger charge is -2.25. The fourth-order valence-corrected chi connectivity index (χ4v) is 1.71. The first-order valence-corrected chi connectivity index (χ1v) is 6.58. The highest BCUT2D eigenvalue weighted by Crippen LogP contribution is 2.03. The van der Waals surface area contributed by atoms with Crippen molar-refractivity contribution in [3.05, 3.63) is 0 Å². The standard InChI is InChI=1S/C13H28N2.ClH/c1-5-9-13(14-10-6-2)15(11-7-3)12-8-4;/h5-12H2,1-4H3;1H. The molecule has 0 aromatic carbocycles. The summed E-state index contributed by atoms with van der Waals surface area (Å²) in [6.45, 7) is 12.2. The molecule has 0 atom stereocenters. The second kappa shape index (κ2) is 12.8. The predicted octanol–water partition coefficient (Wildman–Crippen LogP) is 4.14. The molecule has 0 saturated carbocycles. The Bertz CT molecular complexity index is 163. The van der Waals surface area contributed by atoms with Crippen molar-refractivity contribution in [2.24, 2.45) is 4.99 Å². The highest BCUT2D eigenvalue weighted by atomic mass is 35.5. The first-order valence-electron chi connectivity index (χ1n) is 6.58. The van der Waals surface area contributed by atoms with Crippen LogP contribution in [0.3, 0.4) is 0 Å². The highest BCUT2D eigenvalue weighted by molar-refractivity contribution is 5.85. The van der Waals surface area contributed by atoms with E-state index in [1.54, 1.807) is 0 Å². The van der Waals surface area contributed by atoms with E-state index < -0.39 is 0 Å². The zero-order valence-electron chi connectivity index (χ0n) is 11.5. The Balaban J connectivity index is 0.